The lowest BCUT2D eigenvalue weighted by atomic mass is 10.1. The van der Waals surface area contributed by atoms with E-state index in [-0.39, 0.29) is 18.8 Å². The Hall–Kier alpha value is -2.06. The fourth-order valence-corrected chi connectivity index (χ4v) is 2.82. The van der Waals surface area contributed by atoms with Crippen LogP contribution in [0.1, 0.15) is 16.2 Å². The standard InChI is InChI=1S/C15H16ClF2N5O/c1-9-13(15(24)22-6-5-19-8-12(22)14(17)18)21-23(20-9)11-4-2-3-10(16)7-11/h2-4,7,12,14,19H,5-6,8H2,1H3. The van der Waals surface area contributed by atoms with Gasteiger partial charge in [-0.25, -0.2) is 8.78 Å². The minimum absolute atomic E-state index is 0.0604. The summed E-state index contributed by atoms with van der Waals surface area (Å²) in [6, 6.07) is 5.68. The summed E-state index contributed by atoms with van der Waals surface area (Å²) in [6.07, 6.45) is -2.62. The number of aromatic nitrogens is 3. The van der Waals surface area contributed by atoms with Crippen molar-refractivity contribution in [2.45, 2.75) is 19.4 Å². The zero-order chi connectivity index (χ0) is 17.3. The molecule has 24 heavy (non-hydrogen) atoms. The minimum atomic E-state index is -2.62. The Labute approximate surface area is 142 Å². The topological polar surface area (TPSA) is 63.1 Å². The molecule has 9 heteroatoms. The number of aryl methyl sites for hydroxylation is 1. The second kappa shape index (κ2) is 6.82. The van der Waals surface area contributed by atoms with Crippen molar-refractivity contribution in [2.75, 3.05) is 19.6 Å². The molecule has 6 nitrogen and oxygen atoms in total. The number of alkyl halides is 2. The molecule has 1 fully saturated rings. The third kappa shape index (κ3) is 3.25. The van der Waals surface area contributed by atoms with Gasteiger partial charge in [-0.05, 0) is 25.1 Å². The Bertz CT molecular complexity index is 751. The van der Waals surface area contributed by atoms with Gasteiger partial charge in [0, 0.05) is 24.7 Å². The molecule has 1 unspecified atom stereocenters. The van der Waals surface area contributed by atoms with Gasteiger partial charge in [-0.3, -0.25) is 4.79 Å². The molecule has 1 aromatic carbocycles. The average Bonchev–Trinajstić information content (AvgIpc) is 2.96. The van der Waals surface area contributed by atoms with Crippen molar-refractivity contribution in [3.8, 4) is 5.69 Å². The summed E-state index contributed by atoms with van der Waals surface area (Å²) in [5.74, 6) is -0.535. The van der Waals surface area contributed by atoms with Crippen LogP contribution in [0.2, 0.25) is 5.02 Å². The zero-order valence-corrected chi connectivity index (χ0v) is 13.7. The van der Waals surface area contributed by atoms with E-state index in [1.807, 2.05) is 0 Å². The first-order valence-corrected chi connectivity index (χ1v) is 7.85. The predicted molar refractivity (Wildman–Crippen MR) is 84.8 cm³/mol. The molecule has 2 heterocycles. The number of carbonyl (C=O) groups excluding carboxylic acids is 1. The molecule has 1 N–H and O–H groups in total. The van der Waals surface area contributed by atoms with E-state index in [2.05, 4.69) is 15.5 Å². The van der Waals surface area contributed by atoms with Gasteiger partial charge in [0.2, 0.25) is 0 Å². The van der Waals surface area contributed by atoms with Crippen molar-refractivity contribution in [2.24, 2.45) is 0 Å². The zero-order valence-electron chi connectivity index (χ0n) is 12.9. The Morgan fingerprint density at radius 1 is 1.42 bits per heavy atom. The molecule has 128 valence electrons. The molecule has 1 amide bonds. The number of amides is 1. The van der Waals surface area contributed by atoms with Crippen LogP contribution >= 0.6 is 11.6 Å². The number of benzene rings is 1. The van der Waals surface area contributed by atoms with Crippen molar-refractivity contribution in [3.63, 3.8) is 0 Å². The summed E-state index contributed by atoms with van der Waals surface area (Å²) >= 11 is 5.95. The molecule has 0 bridgehead atoms. The van der Waals surface area contributed by atoms with Crippen LogP contribution in [0.25, 0.3) is 5.69 Å². The summed E-state index contributed by atoms with van der Waals surface area (Å²) in [4.78, 5) is 15.1. The van der Waals surface area contributed by atoms with Crippen LogP contribution in [-0.2, 0) is 0 Å². The van der Waals surface area contributed by atoms with E-state index in [9.17, 15) is 13.6 Å². The smallest absolute Gasteiger partial charge is 0.276 e. The van der Waals surface area contributed by atoms with Gasteiger partial charge in [0.05, 0.1) is 11.4 Å². The molecular weight excluding hydrogens is 340 g/mol. The molecule has 1 aromatic heterocycles. The molecule has 1 aliphatic rings. The second-order valence-corrected chi connectivity index (χ2v) is 5.94. The van der Waals surface area contributed by atoms with Gasteiger partial charge in [-0.1, -0.05) is 17.7 Å². The quantitative estimate of drug-likeness (QED) is 0.913. The highest BCUT2D eigenvalue weighted by Gasteiger charge is 2.35. The summed E-state index contributed by atoms with van der Waals surface area (Å²) in [5, 5.41) is 11.8. The predicted octanol–water partition coefficient (Wildman–Crippen LogP) is 1.91. The molecule has 0 spiro atoms. The van der Waals surface area contributed by atoms with Crippen LogP contribution in [0.4, 0.5) is 8.78 Å². The number of hydrogen-bond donors (Lipinski definition) is 1. The van der Waals surface area contributed by atoms with Crippen molar-refractivity contribution in [3.05, 3.63) is 40.7 Å². The molecule has 1 aliphatic heterocycles. The summed E-state index contributed by atoms with van der Waals surface area (Å²) < 4.78 is 26.3. The lowest BCUT2D eigenvalue weighted by molar-refractivity contribution is 0.0122. The molecular formula is C15H16ClF2N5O. The fourth-order valence-electron chi connectivity index (χ4n) is 2.63. The SMILES string of the molecule is Cc1nn(-c2cccc(Cl)c2)nc1C(=O)N1CCNCC1C(F)F. The first-order chi connectivity index (χ1) is 11.5. The van der Waals surface area contributed by atoms with E-state index in [1.54, 1.807) is 31.2 Å². The Kier molecular flexibility index (Phi) is 4.77. The summed E-state index contributed by atoms with van der Waals surface area (Å²) in [5.41, 5.74) is 1.05. The van der Waals surface area contributed by atoms with Crippen LogP contribution in [0, 0.1) is 6.92 Å². The number of nitrogens with zero attached hydrogens (tertiary/aromatic N) is 4. The van der Waals surface area contributed by atoms with Crippen molar-refractivity contribution in [1.29, 1.82) is 0 Å². The van der Waals surface area contributed by atoms with Crippen molar-refractivity contribution >= 4 is 17.5 Å². The van der Waals surface area contributed by atoms with Gasteiger partial charge in [-0.2, -0.15) is 9.90 Å². The molecule has 0 saturated carbocycles. The van der Waals surface area contributed by atoms with E-state index in [4.69, 9.17) is 11.6 Å². The minimum Gasteiger partial charge on any atom is -0.326 e. The maximum Gasteiger partial charge on any atom is 0.276 e. The average molecular weight is 356 g/mol. The first-order valence-electron chi connectivity index (χ1n) is 7.47. The van der Waals surface area contributed by atoms with Gasteiger partial charge in [0.15, 0.2) is 5.69 Å². The Morgan fingerprint density at radius 2 is 2.21 bits per heavy atom. The van der Waals surface area contributed by atoms with Gasteiger partial charge in [0.25, 0.3) is 12.3 Å². The van der Waals surface area contributed by atoms with Crippen molar-refractivity contribution in [1.82, 2.24) is 25.2 Å². The molecule has 3 rings (SSSR count). The van der Waals surface area contributed by atoms with E-state index in [0.29, 0.717) is 22.9 Å². The maximum absolute atomic E-state index is 13.2. The normalized spacial score (nSPS) is 18.2. The molecule has 1 saturated heterocycles. The number of carbonyl (C=O) groups is 1. The lowest BCUT2D eigenvalue weighted by Crippen LogP contribution is -2.56. The highest BCUT2D eigenvalue weighted by atomic mass is 35.5. The van der Waals surface area contributed by atoms with E-state index in [0.717, 1.165) is 0 Å². The van der Waals surface area contributed by atoms with Crippen molar-refractivity contribution < 1.29 is 13.6 Å². The third-order valence-corrected chi connectivity index (χ3v) is 4.09. The van der Waals surface area contributed by atoms with Gasteiger partial charge in [0.1, 0.15) is 6.04 Å². The first kappa shape index (κ1) is 16.8. The summed E-state index contributed by atoms with van der Waals surface area (Å²) in [6.45, 7) is 2.36. The number of rotatable bonds is 3. The fraction of sp³-hybridized carbons (Fsp3) is 0.400. The molecule has 0 radical (unpaired) electrons. The lowest BCUT2D eigenvalue weighted by Gasteiger charge is -2.35. The molecule has 1 atom stereocenters. The van der Waals surface area contributed by atoms with Crippen LogP contribution in [-0.4, -0.2) is 57.9 Å². The van der Waals surface area contributed by atoms with E-state index < -0.39 is 18.4 Å². The van der Waals surface area contributed by atoms with Gasteiger partial charge >= 0.3 is 0 Å². The largest absolute Gasteiger partial charge is 0.326 e. The number of halogens is 3. The molecule has 2 aromatic rings. The highest BCUT2D eigenvalue weighted by molar-refractivity contribution is 6.30. The number of hydrogen-bond acceptors (Lipinski definition) is 4. The number of piperazine rings is 1. The van der Waals surface area contributed by atoms with E-state index in [1.165, 1.54) is 9.70 Å². The molecule has 0 aliphatic carbocycles. The highest BCUT2D eigenvalue weighted by Crippen LogP contribution is 2.18. The van der Waals surface area contributed by atoms with Gasteiger partial charge in [-0.15, -0.1) is 5.10 Å². The van der Waals surface area contributed by atoms with E-state index >= 15 is 0 Å². The maximum atomic E-state index is 13.2. The van der Waals surface area contributed by atoms with Crippen LogP contribution in [0.15, 0.2) is 24.3 Å². The monoisotopic (exact) mass is 355 g/mol. The number of nitrogens with one attached hydrogen (secondary N) is 1. The van der Waals surface area contributed by atoms with Crippen LogP contribution in [0.3, 0.4) is 0 Å². The Morgan fingerprint density at radius 3 is 2.92 bits per heavy atom. The summed E-state index contributed by atoms with van der Waals surface area (Å²) in [7, 11) is 0. The third-order valence-electron chi connectivity index (χ3n) is 3.86. The Balaban J connectivity index is 1.90. The van der Waals surface area contributed by atoms with Crippen LogP contribution in [0.5, 0.6) is 0 Å². The van der Waals surface area contributed by atoms with Crippen LogP contribution < -0.4 is 5.32 Å². The van der Waals surface area contributed by atoms with Gasteiger partial charge < -0.3 is 10.2 Å². The second-order valence-electron chi connectivity index (χ2n) is 5.51.